The Morgan fingerprint density at radius 2 is 1.34 bits per heavy atom. The number of hydrogen-bond donors (Lipinski definition) is 0. The summed E-state index contributed by atoms with van der Waals surface area (Å²) in [4.78, 5) is 13.4. The monoisotopic (exact) mass is 784 g/mol. The van der Waals surface area contributed by atoms with Gasteiger partial charge < -0.3 is 13.9 Å². The summed E-state index contributed by atoms with van der Waals surface area (Å²) in [5.74, 6) is 2.03. The minimum Gasteiger partial charge on any atom is -0.460 e. The zero-order valence-electron chi connectivity index (χ0n) is 33.5. The van der Waals surface area contributed by atoms with E-state index in [4.69, 9.17) is 14.4 Å². The first-order chi connectivity index (χ1) is 30.2. The maximum Gasteiger partial charge on any atom is 0.231 e. The minimum absolute atomic E-state index is 0.0470. The van der Waals surface area contributed by atoms with Crippen molar-refractivity contribution in [3.05, 3.63) is 204 Å². The standard InChI is InChI=1S/C56H40N4O/c1-3-14-35(15-4-1)47-34-48(36-16-5-2-6-17-36)58-56(57-47)60-51-23-11-8-20-42(51)45-30-29-44-41-19-7-10-22-50(41)59(54(44)55(45)60)49-24-13-18-39-32-37(26-28-40(39)49)38-27-31-53-46(33-38)43-21-9-12-25-52(43)61-53/h1-11,13-24,26-28,31-34,42,51H,12,25,29-30H2. The van der Waals surface area contributed by atoms with Gasteiger partial charge in [-0.05, 0) is 83.3 Å². The van der Waals surface area contributed by atoms with E-state index in [9.17, 15) is 0 Å². The summed E-state index contributed by atoms with van der Waals surface area (Å²) in [5.41, 5.74) is 16.2. The first-order valence-electron chi connectivity index (χ1n) is 21.5. The third-order valence-corrected chi connectivity index (χ3v) is 13.3. The van der Waals surface area contributed by atoms with Crippen LogP contribution in [-0.2, 0) is 12.8 Å². The quantitative estimate of drug-likeness (QED) is 0.174. The molecule has 0 spiro atoms. The molecule has 3 aromatic heterocycles. The van der Waals surface area contributed by atoms with Crippen LogP contribution in [0.25, 0.3) is 83.7 Å². The van der Waals surface area contributed by atoms with Crippen molar-refractivity contribution >= 4 is 50.4 Å². The predicted molar refractivity (Wildman–Crippen MR) is 250 cm³/mol. The molecule has 0 N–H and O–H groups in total. The number of allylic oxidation sites excluding steroid dienone is 3. The molecule has 5 nitrogen and oxygen atoms in total. The summed E-state index contributed by atoms with van der Waals surface area (Å²) in [6.07, 6.45) is 17.6. The molecule has 0 saturated heterocycles. The van der Waals surface area contributed by atoms with Gasteiger partial charge in [-0.1, -0.05) is 146 Å². The van der Waals surface area contributed by atoms with Gasteiger partial charge in [0.15, 0.2) is 0 Å². The van der Waals surface area contributed by atoms with E-state index in [2.05, 4.69) is 192 Å². The molecule has 3 aliphatic carbocycles. The smallest absolute Gasteiger partial charge is 0.231 e. The van der Waals surface area contributed by atoms with E-state index in [-0.39, 0.29) is 12.0 Å². The first kappa shape index (κ1) is 34.4. The van der Waals surface area contributed by atoms with Crippen molar-refractivity contribution in [3.8, 4) is 39.3 Å². The lowest BCUT2D eigenvalue weighted by Gasteiger charge is -2.30. The second kappa shape index (κ2) is 13.5. The number of hydrogen-bond acceptors (Lipinski definition) is 4. The molecule has 290 valence electrons. The highest BCUT2D eigenvalue weighted by atomic mass is 16.3. The predicted octanol–water partition coefficient (Wildman–Crippen LogP) is 13.6. The van der Waals surface area contributed by atoms with E-state index in [0.29, 0.717) is 0 Å². The Hall–Kier alpha value is -7.50. The van der Waals surface area contributed by atoms with Gasteiger partial charge in [-0.15, -0.1) is 0 Å². The largest absolute Gasteiger partial charge is 0.460 e. The summed E-state index contributed by atoms with van der Waals surface area (Å²) in [6.45, 7) is 0. The van der Waals surface area contributed by atoms with Crippen LogP contribution in [0.4, 0.5) is 5.95 Å². The van der Waals surface area contributed by atoms with Crippen LogP contribution in [0, 0.1) is 5.92 Å². The molecule has 9 aromatic rings. The van der Waals surface area contributed by atoms with Gasteiger partial charge in [-0.2, -0.15) is 0 Å². The molecule has 2 unspecified atom stereocenters. The second-order valence-corrected chi connectivity index (χ2v) is 16.7. The van der Waals surface area contributed by atoms with Crippen molar-refractivity contribution in [2.75, 3.05) is 4.90 Å². The fourth-order valence-electron chi connectivity index (χ4n) is 10.6. The number of benzene rings is 6. The number of aryl methyl sites for hydroxylation is 2. The molecular formula is C56H40N4O. The zero-order chi connectivity index (χ0) is 40.0. The van der Waals surface area contributed by atoms with Crippen molar-refractivity contribution in [1.29, 1.82) is 0 Å². The van der Waals surface area contributed by atoms with Crippen LogP contribution >= 0.6 is 0 Å². The maximum absolute atomic E-state index is 6.26. The van der Waals surface area contributed by atoms with E-state index in [1.165, 1.54) is 72.0 Å². The Balaban J connectivity index is 1.01. The third-order valence-electron chi connectivity index (χ3n) is 13.3. The number of rotatable bonds is 5. The van der Waals surface area contributed by atoms with E-state index in [1.807, 2.05) is 0 Å². The Morgan fingerprint density at radius 1 is 0.590 bits per heavy atom. The maximum atomic E-state index is 6.26. The molecule has 0 radical (unpaired) electrons. The summed E-state index contributed by atoms with van der Waals surface area (Å²) >= 11 is 0. The molecule has 4 aliphatic rings. The molecule has 13 rings (SSSR count). The average Bonchev–Trinajstić information content (AvgIpc) is 3.99. The van der Waals surface area contributed by atoms with Crippen LogP contribution in [0.2, 0.25) is 0 Å². The van der Waals surface area contributed by atoms with Gasteiger partial charge in [0.05, 0.1) is 40.0 Å². The summed E-state index contributed by atoms with van der Waals surface area (Å²) in [7, 11) is 0. The van der Waals surface area contributed by atoms with Crippen LogP contribution in [0.3, 0.4) is 0 Å². The molecule has 2 atom stereocenters. The number of para-hydroxylation sites is 1. The SMILES string of the molecule is C1=CC2C3=C(c4c(c5ccccc5n4-c4cccc5cc(-c6ccc7oc8c(c7c6)C=CCC8)ccc45)CC3)N(c3nc(-c4ccccc4)cc(-c4ccccc4)n3)C2C=C1. The van der Waals surface area contributed by atoms with Gasteiger partial charge in [0.1, 0.15) is 11.3 Å². The molecule has 0 saturated carbocycles. The highest BCUT2D eigenvalue weighted by Gasteiger charge is 2.45. The Labute approximate surface area is 354 Å². The first-order valence-corrected chi connectivity index (χ1v) is 21.5. The number of furan rings is 1. The van der Waals surface area contributed by atoms with Crippen LogP contribution in [0.1, 0.15) is 35.4 Å². The van der Waals surface area contributed by atoms with Crippen molar-refractivity contribution < 1.29 is 4.42 Å². The summed E-state index contributed by atoms with van der Waals surface area (Å²) < 4.78 is 8.81. The normalized spacial score (nSPS) is 17.6. The number of fused-ring (bicyclic) bond motifs is 10. The van der Waals surface area contributed by atoms with Crippen molar-refractivity contribution in [2.45, 2.75) is 31.7 Å². The highest BCUT2D eigenvalue weighted by Crippen LogP contribution is 2.52. The van der Waals surface area contributed by atoms with E-state index < -0.39 is 0 Å². The topological polar surface area (TPSA) is 47.1 Å². The van der Waals surface area contributed by atoms with Crippen molar-refractivity contribution in [2.24, 2.45) is 5.92 Å². The molecule has 5 heteroatoms. The van der Waals surface area contributed by atoms with Crippen molar-refractivity contribution in [3.63, 3.8) is 0 Å². The Morgan fingerprint density at radius 3 is 2.18 bits per heavy atom. The minimum atomic E-state index is 0.0470. The lowest BCUT2D eigenvalue weighted by atomic mass is 9.84. The van der Waals surface area contributed by atoms with Crippen LogP contribution < -0.4 is 4.90 Å². The van der Waals surface area contributed by atoms with Crippen molar-refractivity contribution in [1.82, 2.24) is 14.5 Å². The Kier molecular flexibility index (Phi) is 7.62. The number of aromatic nitrogens is 3. The highest BCUT2D eigenvalue weighted by molar-refractivity contribution is 6.02. The lowest BCUT2D eigenvalue weighted by molar-refractivity contribution is 0.546. The van der Waals surface area contributed by atoms with E-state index in [1.54, 1.807) is 0 Å². The third kappa shape index (κ3) is 5.33. The molecule has 61 heavy (non-hydrogen) atoms. The van der Waals surface area contributed by atoms with Crippen LogP contribution in [0.15, 0.2) is 186 Å². The average molecular weight is 785 g/mol. The van der Waals surface area contributed by atoms with Gasteiger partial charge in [-0.3, -0.25) is 0 Å². The van der Waals surface area contributed by atoms with Crippen LogP contribution in [0.5, 0.6) is 0 Å². The molecule has 6 aromatic carbocycles. The number of nitrogens with zero attached hydrogens (tertiary/aromatic N) is 4. The van der Waals surface area contributed by atoms with Crippen LogP contribution in [-0.4, -0.2) is 20.6 Å². The lowest BCUT2D eigenvalue weighted by Crippen LogP contribution is -2.34. The molecule has 0 bridgehead atoms. The fourth-order valence-corrected chi connectivity index (χ4v) is 10.6. The van der Waals surface area contributed by atoms with Gasteiger partial charge >= 0.3 is 0 Å². The Bertz CT molecular complexity index is 3320. The molecule has 0 amide bonds. The molecular weight excluding hydrogens is 745 g/mol. The molecule has 4 heterocycles. The molecule has 0 fully saturated rings. The summed E-state index contributed by atoms with van der Waals surface area (Å²) in [6, 6.07) is 52.6. The fraction of sp³-hybridized carbons (Fsp3) is 0.107. The van der Waals surface area contributed by atoms with Gasteiger partial charge in [0, 0.05) is 45.2 Å². The number of anilines is 1. The van der Waals surface area contributed by atoms with E-state index >= 15 is 0 Å². The van der Waals surface area contributed by atoms with Gasteiger partial charge in [0.25, 0.3) is 0 Å². The second-order valence-electron chi connectivity index (χ2n) is 16.7. The van der Waals surface area contributed by atoms with Gasteiger partial charge in [-0.25, -0.2) is 9.97 Å². The van der Waals surface area contributed by atoms with E-state index in [0.717, 1.165) is 65.5 Å². The summed E-state index contributed by atoms with van der Waals surface area (Å²) in [5, 5.41) is 4.90. The zero-order valence-corrected chi connectivity index (χ0v) is 33.5. The molecule has 1 aliphatic heterocycles. The van der Waals surface area contributed by atoms with Gasteiger partial charge in [0.2, 0.25) is 5.95 Å².